The Kier molecular flexibility index (Phi) is 7.49. The summed E-state index contributed by atoms with van der Waals surface area (Å²) in [5.41, 5.74) is 0. The lowest BCUT2D eigenvalue weighted by Crippen LogP contribution is -2.34. The van der Waals surface area contributed by atoms with Crippen LogP contribution >= 0.6 is 11.6 Å². The van der Waals surface area contributed by atoms with Crippen molar-refractivity contribution in [1.29, 1.82) is 0 Å². The fourth-order valence-electron chi connectivity index (χ4n) is 1.89. The number of ether oxygens (including phenoxy) is 1. The van der Waals surface area contributed by atoms with Gasteiger partial charge in [0.15, 0.2) is 0 Å². The van der Waals surface area contributed by atoms with E-state index in [1.807, 2.05) is 6.92 Å². The van der Waals surface area contributed by atoms with E-state index in [2.05, 4.69) is 13.8 Å². The molecule has 0 aromatic heterocycles. The summed E-state index contributed by atoms with van der Waals surface area (Å²) in [6.07, 6.45) is 0.956. The number of hydrogen-bond donors (Lipinski definition) is 0. The molecular weight excluding hydrogens is 310 g/mol. The van der Waals surface area contributed by atoms with Crippen molar-refractivity contribution in [2.24, 2.45) is 5.92 Å². The molecule has 0 aliphatic rings. The van der Waals surface area contributed by atoms with Crippen LogP contribution in [0.5, 0.6) is 5.75 Å². The summed E-state index contributed by atoms with van der Waals surface area (Å²) >= 11 is 5.55. The summed E-state index contributed by atoms with van der Waals surface area (Å²) in [5.74, 6) is 1.36. The molecule has 1 unspecified atom stereocenters. The zero-order valence-corrected chi connectivity index (χ0v) is 14.5. The first-order valence-electron chi connectivity index (χ1n) is 7.24. The Morgan fingerprint density at radius 2 is 1.86 bits per heavy atom. The van der Waals surface area contributed by atoms with Gasteiger partial charge in [0.2, 0.25) is 10.0 Å². The van der Waals surface area contributed by atoms with Gasteiger partial charge >= 0.3 is 0 Å². The van der Waals surface area contributed by atoms with E-state index in [9.17, 15) is 8.42 Å². The van der Waals surface area contributed by atoms with Crippen molar-refractivity contribution in [3.63, 3.8) is 0 Å². The lowest BCUT2D eigenvalue weighted by Gasteiger charge is -2.23. The van der Waals surface area contributed by atoms with Crippen LogP contribution in [0.3, 0.4) is 0 Å². The highest BCUT2D eigenvalue weighted by Gasteiger charge is 2.24. The maximum Gasteiger partial charge on any atom is 0.243 e. The van der Waals surface area contributed by atoms with Crippen molar-refractivity contribution < 1.29 is 13.2 Å². The van der Waals surface area contributed by atoms with Crippen LogP contribution in [-0.4, -0.2) is 38.3 Å². The normalized spacial score (nSPS) is 13.4. The van der Waals surface area contributed by atoms with Gasteiger partial charge in [-0.3, -0.25) is 0 Å². The van der Waals surface area contributed by atoms with Gasteiger partial charge in [-0.05, 0) is 30.2 Å². The SMILES string of the molecule is CCC(C)CN(CC)S(=O)(=O)c1ccc(OCCCl)cc1. The van der Waals surface area contributed by atoms with E-state index in [4.69, 9.17) is 16.3 Å². The molecule has 21 heavy (non-hydrogen) atoms. The van der Waals surface area contributed by atoms with Crippen molar-refractivity contribution in [2.75, 3.05) is 25.6 Å². The third-order valence-electron chi connectivity index (χ3n) is 3.37. The molecule has 1 rings (SSSR count). The molecule has 1 atom stereocenters. The van der Waals surface area contributed by atoms with Crippen LogP contribution < -0.4 is 4.74 Å². The number of nitrogens with zero attached hydrogens (tertiary/aromatic N) is 1. The lowest BCUT2D eigenvalue weighted by molar-refractivity contribution is 0.342. The van der Waals surface area contributed by atoms with Crippen molar-refractivity contribution in [2.45, 2.75) is 32.1 Å². The summed E-state index contributed by atoms with van der Waals surface area (Å²) in [7, 11) is -3.44. The summed E-state index contributed by atoms with van der Waals surface area (Å²) in [4.78, 5) is 0.297. The van der Waals surface area contributed by atoms with Crippen LogP contribution in [0.15, 0.2) is 29.2 Å². The molecule has 0 bridgehead atoms. The summed E-state index contributed by atoms with van der Waals surface area (Å²) in [6, 6.07) is 6.49. The van der Waals surface area contributed by atoms with Crippen molar-refractivity contribution >= 4 is 21.6 Å². The highest BCUT2D eigenvalue weighted by molar-refractivity contribution is 7.89. The van der Waals surface area contributed by atoms with Crippen LogP contribution in [0.25, 0.3) is 0 Å². The van der Waals surface area contributed by atoms with Crippen molar-refractivity contribution in [1.82, 2.24) is 4.31 Å². The van der Waals surface area contributed by atoms with Crippen molar-refractivity contribution in [3.05, 3.63) is 24.3 Å². The molecule has 0 heterocycles. The molecule has 1 aromatic carbocycles. The second-order valence-electron chi connectivity index (χ2n) is 4.98. The Balaban J connectivity index is 2.89. The Morgan fingerprint density at radius 1 is 1.24 bits per heavy atom. The van der Waals surface area contributed by atoms with Crippen LogP contribution in [0.4, 0.5) is 0 Å². The molecule has 0 amide bonds. The molecule has 0 radical (unpaired) electrons. The predicted octanol–water partition coefficient (Wildman–Crippen LogP) is 3.36. The van der Waals surface area contributed by atoms with Crippen LogP contribution in [-0.2, 0) is 10.0 Å². The lowest BCUT2D eigenvalue weighted by atomic mass is 10.1. The maximum absolute atomic E-state index is 12.6. The van der Waals surface area contributed by atoms with Crippen molar-refractivity contribution in [3.8, 4) is 5.75 Å². The van der Waals surface area contributed by atoms with Gasteiger partial charge in [-0.1, -0.05) is 27.2 Å². The summed E-state index contributed by atoms with van der Waals surface area (Å²) in [5, 5.41) is 0. The zero-order chi connectivity index (χ0) is 15.9. The highest BCUT2D eigenvalue weighted by Crippen LogP contribution is 2.21. The van der Waals surface area contributed by atoms with E-state index in [0.29, 0.717) is 42.1 Å². The Hall–Kier alpha value is -0.780. The number of rotatable bonds is 9. The van der Waals surface area contributed by atoms with Gasteiger partial charge in [0.25, 0.3) is 0 Å². The van der Waals surface area contributed by atoms with Gasteiger partial charge < -0.3 is 4.74 Å². The van der Waals surface area contributed by atoms with Gasteiger partial charge in [0.1, 0.15) is 12.4 Å². The molecule has 0 fully saturated rings. The first-order chi connectivity index (χ1) is 9.95. The average Bonchev–Trinajstić information content (AvgIpc) is 2.50. The van der Waals surface area contributed by atoms with Gasteiger partial charge in [-0.2, -0.15) is 4.31 Å². The molecule has 0 aliphatic heterocycles. The maximum atomic E-state index is 12.6. The van der Waals surface area contributed by atoms with Crippen LogP contribution in [0.2, 0.25) is 0 Å². The topological polar surface area (TPSA) is 46.6 Å². The quantitative estimate of drug-likeness (QED) is 0.651. The molecule has 120 valence electrons. The molecule has 0 spiro atoms. The van der Waals surface area contributed by atoms with Gasteiger partial charge in [0, 0.05) is 13.1 Å². The number of benzene rings is 1. The monoisotopic (exact) mass is 333 g/mol. The van der Waals surface area contributed by atoms with E-state index in [0.717, 1.165) is 6.42 Å². The predicted molar refractivity (Wildman–Crippen MR) is 86.5 cm³/mol. The van der Waals surface area contributed by atoms with E-state index in [1.54, 1.807) is 24.3 Å². The third-order valence-corrected chi connectivity index (χ3v) is 5.48. The molecule has 0 saturated heterocycles. The van der Waals surface area contributed by atoms with Gasteiger partial charge in [-0.15, -0.1) is 11.6 Å². The Bertz CT molecular complexity index is 516. The number of sulfonamides is 1. The van der Waals surface area contributed by atoms with Gasteiger partial charge in [-0.25, -0.2) is 8.42 Å². The van der Waals surface area contributed by atoms with Gasteiger partial charge in [0.05, 0.1) is 10.8 Å². The number of hydrogen-bond acceptors (Lipinski definition) is 3. The first-order valence-corrected chi connectivity index (χ1v) is 9.22. The number of alkyl halides is 1. The molecular formula is C15H24ClNO3S. The van der Waals surface area contributed by atoms with E-state index < -0.39 is 10.0 Å². The molecule has 0 N–H and O–H groups in total. The largest absolute Gasteiger partial charge is 0.492 e. The van der Waals surface area contributed by atoms with Crippen LogP contribution in [0.1, 0.15) is 27.2 Å². The van der Waals surface area contributed by atoms with Crippen LogP contribution in [0, 0.1) is 5.92 Å². The molecule has 0 aliphatic carbocycles. The second kappa shape index (κ2) is 8.61. The summed E-state index contributed by atoms with van der Waals surface area (Å²) < 4.78 is 32.1. The standard InChI is InChI=1S/C15H24ClNO3S/c1-4-13(3)12-17(5-2)21(18,19)15-8-6-14(7-9-15)20-11-10-16/h6-9,13H,4-5,10-12H2,1-3H3. The molecule has 0 saturated carbocycles. The smallest absolute Gasteiger partial charge is 0.243 e. The average molecular weight is 334 g/mol. The van der Waals surface area contributed by atoms with E-state index >= 15 is 0 Å². The minimum Gasteiger partial charge on any atom is -0.492 e. The minimum atomic E-state index is -3.44. The molecule has 6 heteroatoms. The Morgan fingerprint density at radius 3 is 2.33 bits per heavy atom. The fourth-order valence-corrected chi connectivity index (χ4v) is 3.53. The zero-order valence-electron chi connectivity index (χ0n) is 12.9. The fraction of sp³-hybridized carbons (Fsp3) is 0.600. The minimum absolute atomic E-state index is 0.297. The second-order valence-corrected chi connectivity index (χ2v) is 7.29. The summed E-state index contributed by atoms with van der Waals surface area (Å²) in [6.45, 7) is 7.40. The van der Waals surface area contributed by atoms with E-state index in [1.165, 1.54) is 4.31 Å². The van der Waals surface area contributed by atoms with E-state index in [-0.39, 0.29) is 0 Å². The first kappa shape index (κ1) is 18.3. The molecule has 4 nitrogen and oxygen atoms in total. The highest BCUT2D eigenvalue weighted by atomic mass is 35.5. The Labute approximate surface area is 133 Å². The number of halogens is 1. The molecule has 1 aromatic rings. The third kappa shape index (κ3) is 5.16.